The molecule has 5 nitrogen and oxygen atoms in total. The molecule has 0 spiro atoms. The molecule has 110 valence electrons. The van der Waals surface area contributed by atoms with Gasteiger partial charge in [0.05, 0.1) is 15.7 Å². The Morgan fingerprint density at radius 1 is 1.33 bits per heavy atom. The molecule has 1 atom stereocenters. The second-order valence-electron chi connectivity index (χ2n) is 5.15. The first-order chi connectivity index (χ1) is 10.0. The Morgan fingerprint density at radius 2 is 2.14 bits per heavy atom. The highest BCUT2D eigenvalue weighted by molar-refractivity contribution is 7.17. The quantitative estimate of drug-likeness (QED) is 0.946. The summed E-state index contributed by atoms with van der Waals surface area (Å²) >= 11 is 1.37. The van der Waals surface area contributed by atoms with Crippen molar-refractivity contribution >= 4 is 23.2 Å². The molecule has 0 bridgehead atoms. The zero-order valence-electron chi connectivity index (χ0n) is 11.5. The van der Waals surface area contributed by atoms with Crippen molar-refractivity contribution in [3.8, 4) is 10.6 Å². The van der Waals surface area contributed by atoms with Gasteiger partial charge in [0.15, 0.2) is 0 Å². The number of carboxylic acid groups (broad SMARTS) is 1. The second-order valence-corrected chi connectivity index (χ2v) is 6.23. The first-order valence-electron chi connectivity index (χ1n) is 6.73. The van der Waals surface area contributed by atoms with Crippen molar-refractivity contribution in [3.63, 3.8) is 0 Å². The molecule has 1 aliphatic heterocycles. The number of carbonyl (C=O) groups excluding carboxylic acids is 1. The van der Waals surface area contributed by atoms with E-state index in [1.54, 1.807) is 11.0 Å². The van der Waals surface area contributed by atoms with Crippen LogP contribution in [0, 0.1) is 12.8 Å². The average molecular weight is 305 g/mol. The molecule has 0 radical (unpaired) electrons. The number of hydrogen-bond donors (Lipinski definition) is 1. The molecule has 1 aliphatic rings. The number of amides is 1. The molecular formula is C15H15NO4S. The van der Waals surface area contributed by atoms with Crippen molar-refractivity contribution in [2.24, 2.45) is 5.92 Å². The standard InChI is InChI=1S/C15H15NO4S/c1-9-2-3-11(20-9)12-4-5-13(21-12)14(17)16-7-6-10(8-16)15(18)19/h2-5,10H,6-8H2,1H3,(H,18,19). The summed E-state index contributed by atoms with van der Waals surface area (Å²) in [6.45, 7) is 2.67. The van der Waals surface area contributed by atoms with Gasteiger partial charge in [0.2, 0.25) is 0 Å². The van der Waals surface area contributed by atoms with Crippen LogP contribution < -0.4 is 0 Å². The maximum Gasteiger partial charge on any atom is 0.308 e. The molecule has 3 heterocycles. The lowest BCUT2D eigenvalue weighted by atomic mass is 10.1. The number of likely N-dealkylation sites (tertiary alicyclic amines) is 1. The molecule has 3 rings (SSSR count). The van der Waals surface area contributed by atoms with Gasteiger partial charge in [-0.1, -0.05) is 0 Å². The van der Waals surface area contributed by atoms with E-state index in [-0.39, 0.29) is 5.91 Å². The van der Waals surface area contributed by atoms with E-state index in [4.69, 9.17) is 9.52 Å². The molecule has 1 unspecified atom stereocenters. The molecule has 1 fully saturated rings. The molecule has 2 aromatic heterocycles. The van der Waals surface area contributed by atoms with E-state index in [0.717, 1.165) is 16.4 Å². The zero-order valence-corrected chi connectivity index (χ0v) is 12.4. The highest BCUT2D eigenvalue weighted by Crippen LogP contribution is 2.31. The molecule has 21 heavy (non-hydrogen) atoms. The Balaban J connectivity index is 1.74. The van der Waals surface area contributed by atoms with Crippen LogP contribution in [0.4, 0.5) is 0 Å². The molecule has 1 saturated heterocycles. The first-order valence-corrected chi connectivity index (χ1v) is 7.55. The lowest BCUT2D eigenvalue weighted by Gasteiger charge is -2.14. The molecule has 1 amide bonds. The van der Waals surface area contributed by atoms with E-state index in [9.17, 15) is 9.59 Å². The van der Waals surface area contributed by atoms with Crippen molar-refractivity contribution in [2.75, 3.05) is 13.1 Å². The molecule has 1 N–H and O–H groups in total. The van der Waals surface area contributed by atoms with E-state index >= 15 is 0 Å². The van der Waals surface area contributed by atoms with Crippen LogP contribution in [0.2, 0.25) is 0 Å². The van der Waals surface area contributed by atoms with Gasteiger partial charge >= 0.3 is 5.97 Å². The van der Waals surface area contributed by atoms with Gasteiger partial charge in [-0.3, -0.25) is 9.59 Å². The molecular weight excluding hydrogens is 290 g/mol. The fourth-order valence-corrected chi connectivity index (χ4v) is 3.39. The Kier molecular flexibility index (Phi) is 3.55. The van der Waals surface area contributed by atoms with Crippen LogP contribution in [0.25, 0.3) is 10.6 Å². The monoisotopic (exact) mass is 305 g/mol. The number of hydrogen-bond acceptors (Lipinski definition) is 4. The highest BCUT2D eigenvalue weighted by Gasteiger charge is 2.31. The fourth-order valence-electron chi connectivity index (χ4n) is 2.45. The second kappa shape index (κ2) is 5.37. The van der Waals surface area contributed by atoms with E-state index in [0.29, 0.717) is 24.4 Å². The lowest BCUT2D eigenvalue weighted by molar-refractivity contribution is -0.141. The lowest BCUT2D eigenvalue weighted by Crippen LogP contribution is -2.29. The van der Waals surface area contributed by atoms with Gasteiger partial charge < -0.3 is 14.4 Å². The van der Waals surface area contributed by atoms with Gasteiger partial charge in [-0.25, -0.2) is 0 Å². The smallest absolute Gasteiger partial charge is 0.308 e. The molecule has 0 aromatic carbocycles. The predicted molar refractivity (Wildman–Crippen MR) is 78.4 cm³/mol. The van der Waals surface area contributed by atoms with Gasteiger partial charge in [0, 0.05) is 13.1 Å². The van der Waals surface area contributed by atoms with E-state index in [1.165, 1.54) is 11.3 Å². The third kappa shape index (κ3) is 2.71. The van der Waals surface area contributed by atoms with Crippen LogP contribution in [0.5, 0.6) is 0 Å². The minimum atomic E-state index is -0.830. The van der Waals surface area contributed by atoms with E-state index in [2.05, 4.69) is 0 Å². The number of aryl methyl sites for hydroxylation is 1. The fraction of sp³-hybridized carbons (Fsp3) is 0.333. The SMILES string of the molecule is Cc1ccc(-c2ccc(C(=O)N3CCC(C(=O)O)C3)s2)o1. The van der Waals surface area contributed by atoms with Gasteiger partial charge in [-0.2, -0.15) is 0 Å². The normalized spacial score (nSPS) is 18.1. The molecule has 0 saturated carbocycles. The van der Waals surface area contributed by atoms with E-state index in [1.807, 2.05) is 25.1 Å². The average Bonchev–Trinajstić information content (AvgIpc) is 3.17. The Bertz CT molecular complexity index is 687. The number of carboxylic acids is 1. The summed E-state index contributed by atoms with van der Waals surface area (Å²) in [6, 6.07) is 7.40. The van der Waals surface area contributed by atoms with Crippen LogP contribution >= 0.6 is 11.3 Å². The molecule has 6 heteroatoms. The van der Waals surface area contributed by atoms with Crippen LogP contribution in [0.3, 0.4) is 0 Å². The van der Waals surface area contributed by atoms with Gasteiger partial charge in [0.1, 0.15) is 11.5 Å². The summed E-state index contributed by atoms with van der Waals surface area (Å²) in [4.78, 5) is 26.5. The number of furan rings is 1. The summed E-state index contributed by atoms with van der Waals surface area (Å²) in [7, 11) is 0. The van der Waals surface area contributed by atoms with Crippen molar-refractivity contribution < 1.29 is 19.1 Å². The first kappa shape index (κ1) is 13.9. The topological polar surface area (TPSA) is 70.8 Å². The van der Waals surface area contributed by atoms with Crippen LogP contribution in [-0.2, 0) is 4.79 Å². The number of nitrogens with zero attached hydrogens (tertiary/aromatic N) is 1. The third-order valence-electron chi connectivity index (χ3n) is 3.62. The van der Waals surface area contributed by atoms with Gasteiger partial charge in [-0.05, 0) is 37.6 Å². The maximum atomic E-state index is 12.4. The molecule has 0 aliphatic carbocycles. The van der Waals surface area contributed by atoms with E-state index < -0.39 is 11.9 Å². The van der Waals surface area contributed by atoms with Crippen molar-refractivity contribution in [1.82, 2.24) is 4.90 Å². The van der Waals surface area contributed by atoms with Crippen molar-refractivity contribution in [3.05, 3.63) is 34.9 Å². The summed E-state index contributed by atoms with van der Waals surface area (Å²) in [5.74, 6) is 0.208. The van der Waals surface area contributed by atoms with Crippen LogP contribution in [-0.4, -0.2) is 35.0 Å². The largest absolute Gasteiger partial charge is 0.481 e. The maximum absolute atomic E-state index is 12.4. The highest BCUT2D eigenvalue weighted by atomic mass is 32.1. The van der Waals surface area contributed by atoms with Crippen molar-refractivity contribution in [2.45, 2.75) is 13.3 Å². The Labute approximate surface area is 125 Å². The molecule has 2 aromatic rings. The van der Waals surface area contributed by atoms with Gasteiger partial charge in [0.25, 0.3) is 5.91 Å². The predicted octanol–water partition coefficient (Wildman–Crippen LogP) is 2.86. The number of thiophene rings is 1. The summed E-state index contributed by atoms with van der Waals surface area (Å²) in [6.07, 6.45) is 0.524. The van der Waals surface area contributed by atoms with Crippen molar-refractivity contribution in [1.29, 1.82) is 0 Å². The minimum absolute atomic E-state index is 0.0988. The minimum Gasteiger partial charge on any atom is -0.481 e. The summed E-state index contributed by atoms with van der Waals surface area (Å²) < 4.78 is 5.54. The number of carbonyl (C=O) groups is 2. The van der Waals surface area contributed by atoms with Crippen LogP contribution in [0.15, 0.2) is 28.7 Å². The van der Waals surface area contributed by atoms with Crippen LogP contribution in [0.1, 0.15) is 21.9 Å². The summed E-state index contributed by atoms with van der Waals surface area (Å²) in [5.41, 5.74) is 0. The van der Waals surface area contributed by atoms with Gasteiger partial charge in [-0.15, -0.1) is 11.3 Å². The summed E-state index contributed by atoms with van der Waals surface area (Å²) in [5, 5.41) is 8.99. The number of rotatable bonds is 3. The third-order valence-corrected chi connectivity index (χ3v) is 4.71. The Hall–Kier alpha value is -2.08. The Morgan fingerprint density at radius 3 is 2.76 bits per heavy atom. The zero-order chi connectivity index (χ0) is 15.0. The number of aliphatic carboxylic acids is 1.